The number of carboxylic acid groups (broad SMARTS) is 1. The van der Waals surface area contributed by atoms with Crippen LogP contribution in [0.2, 0.25) is 0 Å². The quantitative estimate of drug-likeness (QED) is 0.752. The molecule has 0 saturated heterocycles. The Morgan fingerprint density at radius 3 is 2.24 bits per heavy atom. The van der Waals surface area contributed by atoms with Crippen molar-refractivity contribution >= 4 is 11.9 Å². The van der Waals surface area contributed by atoms with Crippen LogP contribution in [0.4, 0.5) is 0 Å². The van der Waals surface area contributed by atoms with Crippen molar-refractivity contribution in [1.82, 2.24) is 10.2 Å². The summed E-state index contributed by atoms with van der Waals surface area (Å²) in [7, 11) is 3.95. The van der Waals surface area contributed by atoms with E-state index in [0.29, 0.717) is 24.7 Å². The summed E-state index contributed by atoms with van der Waals surface area (Å²) in [4.78, 5) is 26.0. The zero-order valence-electron chi connectivity index (χ0n) is 13.9. The van der Waals surface area contributed by atoms with Gasteiger partial charge in [0, 0.05) is 12.6 Å². The summed E-state index contributed by atoms with van der Waals surface area (Å²) < 4.78 is 0. The number of amides is 1. The Morgan fingerprint density at radius 1 is 1.24 bits per heavy atom. The molecule has 5 nitrogen and oxygen atoms in total. The lowest BCUT2D eigenvalue weighted by molar-refractivity contribution is -0.146. The van der Waals surface area contributed by atoms with Crippen molar-refractivity contribution in [2.75, 3.05) is 20.6 Å². The van der Waals surface area contributed by atoms with Crippen LogP contribution in [0.5, 0.6) is 0 Å². The third kappa shape index (κ3) is 4.99. The van der Waals surface area contributed by atoms with Gasteiger partial charge in [0.15, 0.2) is 0 Å². The van der Waals surface area contributed by atoms with E-state index >= 15 is 0 Å². The van der Waals surface area contributed by atoms with E-state index in [1.54, 1.807) is 0 Å². The summed E-state index contributed by atoms with van der Waals surface area (Å²) in [6.07, 6.45) is 2.27. The maximum atomic E-state index is 12.5. The summed E-state index contributed by atoms with van der Waals surface area (Å²) in [5.74, 6) is -1.15. The standard InChI is InChI=1S/C16H30N2O3/c1-6-11-7-12(13(8-11)16(20)21)15(19)17-14(10(2)3)9-18(4)5/h10-14H,6-9H2,1-5H3,(H,17,19)(H,20,21). The molecule has 1 saturated carbocycles. The highest BCUT2D eigenvalue weighted by molar-refractivity contribution is 5.85. The van der Waals surface area contributed by atoms with Crippen molar-refractivity contribution < 1.29 is 14.7 Å². The van der Waals surface area contributed by atoms with Crippen molar-refractivity contribution in [3.63, 3.8) is 0 Å². The second-order valence-electron chi connectivity index (χ2n) is 6.92. The van der Waals surface area contributed by atoms with Gasteiger partial charge in [-0.15, -0.1) is 0 Å². The van der Waals surface area contributed by atoms with Crippen molar-refractivity contribution in [2.45, 2.75) is 46.1 Å². The van der Waals surface area contributed by atoms with Gasteiger partial charge in [-0.1, -0.05) is 27.2 Å². The highest BCUT2D eigenvalue weighted by atomic mass is 16.4. The van der Waals surface area contributed by atoms with Crippen LogP contribution in [0.15, 0.2) is 0 Å². The van der Waals surface area contributed by atoms with Crippen molar-refractivity contribution in [3.05, 3.63) is 0 Å². The number of hydrogen-bond acceptors (Lipinski definition) is 3. The molecule has 0 aromatic carbocycles. The predicted molar refractivity (Wildman–Crippen MR) is 83.0 cm³/mol. The lowest BCUT2D eigenvalue weighted by Crippen LogP contribution is -2.48. The van der Waals surface area contributed by atoms with E-state index < -0.39 is 11.9 Å². The Morgan fingerprint density at radius 2 is 1.81 bits per heavy atom. The molecular formula is C16H30N2O3. The van der Waals surface area contributed by atoms with E-state index in [2.05, 4.69) is 26.1 Å². The first-order valence-corrected chi connectivity index (χ1v) is 7.94. The molecule has 1 aliphatic carbocycles. The molecular weight excluding hydrogens is 268 g/mol. The van der Waals surface area contributed by atoms with E-state index in [0.717, 1.165) is 13.0 Å². The van der Waals surface area contributed by atoms with Gasteiger partial charge < -0.3 is 15.3 Å². The number of hydrogen-bond donors (Lipinski definition) is 2. The minimum Gasteiger partial charge on any atom is -0.481 e. The molecule has 1 rings (SSSR count). The summed E-state index contributed by atoms with van der Waals surface area (Å²) in [5.41, 5.74) is 0. The fraction of sp³-hybridized carbons (Fsp3) is 0.875. The summed E-state index contributed by atoms with van der Waals surface area (Å²) >= 11 is 0. The maximum Gasteiger partial charge on any atom is 0.307 e. The minimum absolute atomic E-state index is 0.0580. The monoisotopic (exact) mass is 298 g/mol. The molecule has 0 aromatic heterocycles. The predicted octanol–water partition coefficient (Wildman–Crippen LogP) is 1.83. The van der Waals surface area contributed by atoms with Gasteiger partial charge >= 0.3 is 5.97 Å². The van der Waals surface area contributed by atoms with Gasteiger partial charge in [0.2, 0.25) is 5.91 Å². The summed E-state index contributed by atoms with van der Waals surface area (Å²) in [6.45, 7) is 6.98. The molecule has 1 fully saturated rings. The van der Waals surface area contributed by atoms with E-state index in [-0.39, 0.29) is 17.9 Å². The molecule has 4 unspecified atom stereocenters. The number of aliphatic carboxylic acids is 1. The van der Waals surface area contributed by atoms with Gasteiger partial charge in [-0.25, -0.2) is 0 Å². The Labute approximate surface area is 128 Å². The molecule has 122 valence electrons. The van der Waals surface area contributed by atoms with Crippen LogP contribution in [-0.2, 0) is 9.59 Å². The van der Waals surface area contributed by atoms with Gasteiger partial charge in [-0.3, -0.25) is 9.59 Å². The smallest absolute Gasteiger partial charge is 0.307 e. The molecule has 1 amide bonds. The second kappa shape index (κ2) is 7.78. The lowest BCUT2D eigenvalue weighted by Gasteiger charge is -2.27. The number of carboxylic acids is 1. The number of carbonyl (C=O) groups is 2. The molecule has 4 atom stereocenters. The third-order valence-corrected chi connectivity index (χ3v) is 4.59. The SMILES string of the molecule is CCC1CC(C(=O)O)C(C(=O)NC(CN(C)C)C(C)C)C1. The molecule has 0 aliphatic heterocycles. The van der Waals surface area contributed by atoms with Crippen LogP contribution < -0.4 is 5.32 Å². The molecule has 2 N–H and O–H groups in total. The molecule has 0 radical (unpaired) electrons. The number of rotatable bonds is 7. The van der Waals surface area contributed by atoms with Crippen LogP contribution in [0.1, 0.15) is 40.0 Å². The lowest BCUT2D eigenvalue weighted by atomic mass is 9.94. The molecule has 0 heterocycles. The third-order valence-electron chi connectivity index (χ3n) is 4.59. The summed E-state index contributed by atoms with van der Waals surface area (Å²) in [6, 6.07) is 0.0580. The average Bonchev–Trinajstić information content (AvgIpc) is 2.81. The Kier molecular flexibility index (Phi) is 6.65. The van der Waals surface area contributed by atoms with Crippen molar-refractivity contribution in [3.8, 4) is 0 Å². The van der Waals surface area contributed by atoms with E-state index in [9.17, 15) is 14.7 Å². The molecule has 21 heavy (non-hydrogen) atoms. The zero-order chi connectivity index (χ0) is 16.2. The Hall–Kier alpha value is -1.10. The summed E-state index contributed by atoms with van der Waals surface area (Å²) in [5, 5.41) is 12.4. The van der Waals surface area contributed by atoms with Crippen LogP contribution in [-0.4, -0.2) is 48.6 Å². The second-order valence-corrected chi connectivity index (χ2v) is 6.92. The normalized spacial score (nSPS) is 27.1. The number of nitrogens with one attached hydrogen (secondary N) is 1. The van der Waals surface area contributed by atoms with Gasteiger partial charge in [0.05, 0.1) is 11.8 Å². The topological polar surface area (TPSA) is 69.6 Å². The molecule has 5 heteroatoms. The average molecular weight is 298 g/mol. The van der Waals surface area contributed by atoms with Crippen molar-refractivity contribution in [1.29, 1.82) is 0 Å². The van der Waals surface area contributed by atoms with E-state index in [1.807, 2.05) is 19.0 Å². The van der Waals surface area contributed by atoms with Gasteiger partial charge in [0.1, 0.15) is 0 Å². The fourth-order valence-electron chi connectivity index (χ4n) is 3.15. The molecule has 0 spiro atoms. The maximum absolute atomic E-state index is 12.5. The first-order valence-electron chi connectivity index (χ1n) is 7.94. The number of likely N-dealkylation sites (N-methyl/N-ethyl adjacent to an activating group) is 1. The Balaban J connectivity index is 2.73. The van der Waals surface area contributed by atoms with Crippen LogP contribution in [0.3, 0.4) is 0 Å². The number of nitrogens with zero attached hydrogens (tertiary/aromatic N) is 1. The number of carbonyl (C=O) groups excluding carboxylic acids is 1. The van der Waals surface area contributed by atoms with Crippen LogP contribution in [0, 0.1) is 23.7 Å². The van der Waals surface area contributed by atoms with Crippen molar-refractivity contribution in [2.24, 2.45) is 23.7 Å². The van der Waals surface area contributed by atoms with E-state index in [1.165, 1.54) is 0 Å². The molecule has 0 aromatic rings. The first-order chi connectivity index (χ1) is 9.76. The van der Waals surface area contributed by atoms with Crippen LogP contribution >= 0.6 is 0 Å². The Bertz CT molecular complexity index is 369. The molecule has 1 aliphatic rings. The largest absolute Gasteiger partial charge is 0.481 e. The van der Waals surface area contributed by atoms with Gasteiger partial charge in [-0.2, -0.15) is 0 Å². The molecule has 0 bridgehead atoms. The highest BCUT2D eigenvalue weighted by Gasteiger charge is 2.42. The van der Waals surface area contributed by atoms with E-state index in [4.69, 9.17) is 0 Å². The fourth-order valence-corrected chi connectivity index (χ4v) is 3.15. The first kappa shape index (κ1) is 18.0. The van der Waals surface area contributed by atoms with Gasteiger partial charge in [-0.05, 0) is 38.8 Å². The zero-order valence-corrected chi connectivity index (χ0v) is 13.9. The highest BCUT2D eigenvalue weighted by Crippen LogP contribution is 2.38. The minimum atomic E-state index is -0.834. The van der Waals surface area contributed by atoms with Crippen LogP contribution in [0.25, 0.3) is 0 Å². The van der Waals surface area contributed by atoms with Gasteiger partial charge in [0.25, 0.3) is 0 Å².